The Morgan fingerprint density at radius 2 is 2.15 bits per heavy atom. The lowest BCUT2D eigenvalue weighted by molar-refractivity contribution is 0.603. The highest BCUT2D eigenvalue weighted by atomic mass is 15.3. The van der Waals surface area contributed by atoms with Crippen LogP contribution in [0.2, 0.25) is 0 Å². The second-order valence-corrected chi connectivity index (χ2v) is 5.20. The largest absolute Gasteiger partial charge is 0.370 e. The van der Waals surface area contributed by atoms with Gasteiger partial charge < -0.3 is 5.32 Å². The van der Waals surface area contributed by atoms with Gasteiger partial charge in [0.05, 0.1) is 11.8 Å². The molecule has 0 spiro atoms. The molecule has 106 valence electrons. The lowest BCUT2D eigenvalue weighted by Gasteiger charge is -2.10. The van der Waals surface area contributed by atoms with Crippen LogP contribution >= 0.6 is 0 Å². The van der Waals surface area contributed by atoms with Gasteiger partial charge in [0.1, 0.15) is 5.82 Å². The van der Waals surface area contributed by atoms with Crippen LogP contribution in [0.1, 0.15) is 37.9 Å². The zero-order valence-electron chi connectivity index (χ0n) is 12.2. The molecule has 0 atom stereocenters. The summed E-state index contributed by atoms with van der Waals surface area (Å²) in [5.74, 6) is 1.80. The summed E-state index contributed by atoms with van der Waals surface area (Å²) >= 11 is 0. The first-order chi connectivity index (χ1) is 9.81. The van der Waals surface area contributed by atoms with E-state index >= 15 is 0 Å². The summed E-state index contributed by atoms with van der Waals surface area (Å²) in [6, 6.07) is 0. The van der Waals surface area contributed by atoms with Crippen LogP contribution < -0.4 is 5.32 Å². The number of aryl methyl sites for hydroxylation is 2. The van der Waals surface area contributed by atoms with Crippen molar-refractivity contribution in [2.75, 3.05) is 11.9 Å². The molecule has 2 heterocycles. The summed E-state index contributed by atoms with van der Waals surface area (Å²) in [4.78, 5) is 9.44. The van der Waals surface area contributed by atoms with E-state index in [2.05, 4.69) is 24.3 Å². The first kappa shape index (κ1) is 13.1. The number of aromatic nitrogens is 4. The maximum atomic E-state index is 4.74. The minimum atomic E-state index is 0.795. The molecule has 0 bridgehead atoms. The molecule has 5 heteroatoms. The molecule has 1 aliphatic rings. The Morgan fingerprint density at radius 3 is 2.95 bits per heavy atom. The van der Waals surface area contributed by atoms with Gasteiger partial charge in [-0.1, -0.05) is 6.92 Å². The van der Waals surface area contributed by atoms with Gasteiger partial charge in [0.15, 0.2) is 5.82 Å². The number of hydrogen-bond acceptors (Lipinski definition) is 4. The Bertz CT molecular complexity index is 602. The highest BCUT2D eigenvalue weighted by molar-refractivity contribution is 5.59. The van der Waals surface area contributed by atoms with Gasteiger partial charge >= 0.3 is 0 Å². The van der Waals surface area contributed by atoms with Crippen LogP contribution in [0, 0.1) is 0 Å². The zero-order valence-corrected chi connectivity index (χ0v) is 12.2. The molecule has 3 rings (SSSR count). The molecule has 0 aliphatic heterocycles. The van der Waals surface area contributed by atoms with E-state index in [0.29, 0.717) is 0 Å². The van der Waals surface area contributed by atoms with Crippen molar-refractivity contribution < 1.29 is 0 Å². The first-order valence-electron chi connectivity index (χ1n) is 7.48. The van der Waals surface area contributed by atoms with Crippen LogP contribution in [0.25, 0.3) is 11.4 Å². The van der Waals surface area contributed by atoms with Gasteiger partial charge in [-0.3, -0.25) is 4.68 Å². The van der Waals surface area contributed by atoms with Crippen molar-refractivity contribution >= 4 is 5.82 Å². The Labute approximate surface area is 119 Å². The summed E-state index contributed by atoms with van der Waals surface area (Å²) in [5, 5.41) is 7.74. The zero-order chi connectivity index (χ0) is 13.9. The molecule has 0 aromatic carbocycles. The lowest BCUT2D eigenvalue weighted by Crippen LogP contribution is -2.06. The van der Waals surface area contributed by atoms with Gasteiger partial charge in [0.2, 0.25) is 0 Å². The molecule has 0 amide bonds. The third-order valence-electron chi connectivity index (χ3n) is 3.62. The van der Waals surface area contributed by atoms with Crippen LogP contribution in [0.5, 0.6) is 0 Å². The first-order valence-corrected chi connectivity index (χ1v) is 7.48. The number of nitrogens with one attached hydrogen (secondary N) is 1. The highest BCUT2D eigenvalue weighted by Gasteiger charge is 2.20. The summed E-state index contributed by atoms with van der Waals surface area (Å²) < 4.78 is 1.96. The Hall–Kier alpha value is -1.91. The second kappa shape index (κ2) is 5.61. The molecule has 0 unspecified atom stereocenters. The molecule has 0 radical (unpaired) electrons. The Balaban J connectivity index is 1.98. The van der Waals surface area contributed by atoms with Crippen LogP contribution in [-0.4, -0.2) is 26.3 Å². The summed E-state index contributed by atoms with van der Waals surface area (Å²) in [5.41, 5.74) is 3.51. The average Bonchev–Trinajstić information content (AvgIpc) is 3.07. The fraction of sp³-hybridized carbons (Fsp3) is 0.533. The molecule has 0 saturated heterocycles. The molecule has 1 aliphatic carbocycles. The maximum absolute atomic E-state index is 4.74. The predicted octanol–water partition coefficient (Wildman–Crippen LogP) is 2.67. The van der Waals surface area contributed by atoms with Gasteiger partial charge in [0, 0.05) is 30.5 Å². The van der Waals surface area contributed by atoms with Crippen molar-refractivity contribution in [1.82, 2.24) is 19.7 Å². The molecular weight excluding hydrogens is 250 g/mol. The van der Waals surface area contributed by atoms with Crippen molar-refractivity contribution in [2.45, 2.75) is 46.1 Å². The molecule has 20 heavy (non-hydrogen) atoms. The lowest BCUT2D eigenvalue weighted by atomic mass is 10.2. The topological polar surface area (TPSA) is 55.6 Å². The van der Waals surface area contributed by atoms with E-state index in [-0.39, 0.29) is 0 Å². The molecular formula is C15H21N5. The van der Waals surface area contributed by atoms with Crippen molar-refractivity contribution in [3.8, 4) is 11.4 Å². The summed E-state index contributed by atoms with van der Waals surface area (Å²) in [6.07, 6.45) is 8.31. The van der Waals surface area contributed by atoms with Crippen LogP contribution in [-0.2, 0) is 19.4 Å². The van der Waals surface area contributed by atoms with Crippen LogP contribution in [0.3, 0.4) is 0 Å². The summed E-state index contributed by atoms with van der Waals surface area (Å²) in [6.45, 7) is 6.07. The molecule has 2 aromatic heterocycles. The highest BCUT2D eigenvalue weighted by Crippen LogP contribution is 2.28. The van der Waals surface area contributed by atoms with Gasteiger partial charge in [-0.25, -0.2) is 9.97 Å². The maximum Gasteiger partial charge on any atom is 0.164 e. The van der Waals surface area contributed by atoms with Crippen LogP contribution in [0.4, 0.5) is 5.82 Å². The van der Waals surface area contributed by atoms with Crippen LogP contribution in [0.15, 0.2) is 12.4 Å². The van der Waals surface area contributed by atoms with Gasteiger partial charge in [-0.15, -0.1) is 0 Å². The number of rotatable bonds is 5. The van der Waals surface area contributed by atoms with E-state index in [0.717, 1.165) is 49.6 Å². The number of nitrogens with zero attached hydrogens (tertiary/aromatic N) is 4. The Kier molecular flexibility index (Phi) is 3.67. The SMILES string of the molecule is CCCn1cc(-c2nc3c(c(NCC)n2)CCC3)cn1. The van der Waals surface area contributed by atoms with Gasteiger partial charge in [-0.2, -0.15) is 5.10 Å². The fourth-order valence-electron chi connectivity index (χ4n) is 2.71. The number of hydrogen-bond donors (Lipinski definition) is 1. The molecule has 1 N–H and O–H groups in total. The van der Waals surface area contributed by atoms with E-state index in [1.807, 2.05) is 17.1 Å². The second-order valence-electron chi connectivity index (χ2n) is 5.20. The van der Waals surface area contributed by atoms with Crippen molar-refractivity contribution in [3.05, 3.63) is 23.7 Å². The minimum absolute atomic E-state index is 0.795. The van der Waals surface area contributed by atoms with E-state index in [4.69, 9.17) is 9.97 Å². The monoisotopic (exact) mass is 271 g/mol. The van der Waals surface area contributed by atoms with E-state index in [9.17, 15) is 0 Å². The van der Waals surface area contributed by atoms with Crippen molar-refractivity contribution in [1.29, 1.82) is 0 Å². The molecule has 0 fully saturated rings. The van der Waals surface area contributed by atoms with Gasteiger partial charge in [0.25, 0.3) is 0 Å². The standard InChI is InChI=1S/C15H21N5/c1-3-8-20-10-11(9-17-20)14-18-13-7-5-6-12(13)15(19-14)16-4-2/h9-10H,3-8H2,1-2H3,(H,16,18,19). The molecule has 0 saturated carbocycles. The molecule has 5 nitrogen and oxygen atoms in total. The third kappa shape index (κ3) is 2.40. The smallest absolute Gasteiger partial charge is 0.164 e. The normalized spacial score (nSPS) is 13.5. The van der Waals surface area contributed by atoms with E-state index < -0.39 is 0 Å². The number of anilines is 1. The third-order valence-corrected chi connectivity index (χ3v) is 3.62. The minimum Gasteiger partial charge on any atom is -0.370 e. The van der Waals surface area contributed by atoms with Gasteiger partial charge in [-0.05, 0) is 32.6 Å². The fourth-order valence-corrected chi connectivity index (χ4v) is 2.71. The molecule has 2 aromatic rings. The average molecular weight is 271 g/mol. The Morgan fingerprint density at radius 1 is 1.25 bits per heavy atom. The van der Waals surface area contributed by atoms with Crippen molar-refractivity contribution in [2.24, 2.45) is 0 Å². The quantitative estimate of drug-likeness (QED) is 0.908. The number of fused-ring (bicyclic) bond motifs is 1. The summed E-state index contributed by atoms with van der Waals surface area (Å²) in [7, 11) is 0. The van der Waals surface area contributed by atoms with E-state index in [1.165, 1.54) is 17.7 Å². The van der Waals surface area contributed by atoms with Crippen molar-refractivity contribution in [3.63, 3.8) is 0 Å². The predicted molar refractivity (Wildman–Crippen MR) is 79.7 cm³/mol. The van der Waals surface area contributed by atoms with E-state index in [1.54, 1.807) is 0 Å².